The van der Waals surface area contributed by atoms with Gasteiger partial charge in [0.2, 0.25) is 0 Å². The highest BCUT2D eigenvalue weighted by molar-refractivity contribution is 5.80. The summed E-state index contributed by atoms with van der Waals surface area (Å²) in [5.74, 6) is 4.36. The van der Waals surface area contributed by atoms with Crippen LogP contribution in [0.1, 0.15) is 80.1 Å². The number of H-pyrrole nitrogens is 1. The summed E-state index contributed by atoms with van der Waals surface area (Å²) in [7, 11) is 0. The summed E-state index contributed by atoms with van der Waals surface area (Å²) in [6, 6.07) is 20.7. The van der Waals surface area contributed by atoms with E-state index in [2.05, 4.69) is 87.5 Å². The molecule has 3 heterocycles. The van der Waals surface area contributed by atoms with Gasteiger partial charge >= 0.3 is 0 Å². The van der Waals surface area contributed by atoms with Gasteiger partial charge in [-0.1, -0.05) is 90.8 Å². The van der Waals surface area contributed by atoms with Gasteiger partial charge < -0.3 is 28.9 Å². The van der Waals surface area contributed by atoms with E-state index in [-0.39, 0.29) is 0 Å². The molecule has 2 saturated carbocycles. The lowest BCUT2D eigenvalue weighted by molar-refractivity contribution is -0.0714. The van der Waals surface area contributed by atoms with Gasteiger partial charge in [0.25, 0.3) is 0 Å². The van der Waals surface area contributed by atoms with Gasteiger partial charge in [-0.2, -0.15) is 0 Å². The molecule has 8 unspecified atom stereocenters. The summed E-state index contributed by atoms with van der Waals surface area (Å²) in [5, 5.41) is 12.9. The van der Waals surface area contributed by atoms with Crippen LogP contribution in [0.5, 0.6) is 0 Å². The number of nitrogens with zero attached hydrogens (tertiary/aromatic N) is 1. The Bertz CT molecular complexity index is 1460. The number of aromatic nitrogens is 2. The average molecular weight is 659 g/mol. The van der Waals surface area contributed by atoms with Crippen molar-refractivity contribution in [3.63, 3.8) is 0 Å². The van der Waals surface area contributed by atoms with Gasteiger partial charge in [-0.25, -0.2) is 0 Å². The molecule has 6 nitrogen and oxygen atoms in total. The minimum absolute atomic E-state index is 0.296. The lowest BCUT2D eigenvalue weighted by Crippen LogP contribution is -2.36. The summed E-state index contributed by atoms with van der Waals surface area (Å²) < 4.78 is 19.5. The van der Waals surface area contributed by atoms with Gasteiger partial charge in [-0.15, -0.1) is 0 Å². The van der Waals surface area contributed by atoms with Crippen LogP contribution in [-0.2, 0) is 20.8 Å². The lowest BCUT2D eigenvalue weighted by atomic mass is 9.75. The number of aromatic amines is 1. The molecule has 8 atom stereocenters. The van der Waals surface area contributed by atoms with Crippen molar-refractivity contribution in [2.24, 2.45) is 35.5 Å². The first kappa shape index (κ1) is 36.6. The Kier molecular flexibility index (Phi) is 13.6. The molecule has 6 heteroatoms. The number of benzene rings is 2. The fourth-order valence-corrected chi connectivity index (χ4v) is 7.82. The molecule has 0 amide bonds. The molecule has 3 fully saturated rings. The topological polar surface area (TPSA) is 71.9 Å². The number of aliphatic hydroxyl groups is 1. The number of fused-ring (bicyclic) bond motifs is 2. The van der Waals surface area contributed by atoms with E-state index >= 15 is 0 Å². The van der Waals surface area contributed by atoms with Gasteiger partial charge in [0.05, 0.1) is 44.7 Å². The Labute approximate surface area is 289 Å². The zero-order valence-corrected chi connectivity index (χ0v) is 30.4. The number of para-hydroxylation sites is 2. The molecule has 2 aliphatic carbocycles. The van der Waals surface area contributed by atoms with Gasteiger partial charge in [0.15, 0.2) is 0 Å². The Morgan fingerprint density at radius 1 is 0.792 bits per heavy atom. The molecule has 264 valence electrons. The second-order valence-electron chi connectivity index (χ2n) is 15.6. The van der Waals surface area contributed by atoms with Crippen molar-refractivity contribution >= 4 is 21.8 Å². The monoisotopic (exact) mass is 658 g/mol. The SMILES string of the molecule is CC1CCC(C(C)C)C(OCC(O)Cn2ccc3ccccc32)C1.CC1CCC(C(C)C)C(OCC2CO2)C1.c1ccc2[nH]ccc2c1. The highest BCUT2D eigenvalue weighted by atomic mass is 16.6. The summed E-state index contributed by atoms with van der Waals surface area (Å²) in [5.41, 5.74) is 2.38. The van der Waals surface area contributed by atoms with Crippen molar-refractivity contribution in [1.82, 2.24) is 9.55 Å². The molecule has 1 aliphatic heterocycles. The molecular formula is C42H62N2O4. The zero-order valence-electron chi connectivity index (χ0n) is 30.4. The molecule has 3 aliphatic rings. The van der Waals surface area contributed by atoms with E-state index in [1.165, 1.54) is 53.9 Å². The summed E-state index contributed by atoms with van der Waals surface area (Å²) >= 11 is 0. The van der Waals surface area contributed by atoms with E-state index in [0.29, 0.717) is 43.3 Å². The van der Waals surface area contributed by atoms with E-state index in [0.717, 1.165) is 43.3 Å². The molecule has 1 saturated heterocycles. The second-order valence-corrected chi connectivity index (χ2v) is 15.6. The zero-order chi connectivity index (χ0) is 34.0. The quantitative estimate of drug-likeness (QED) is 0.167. The molecule has 4 aromatic rings. The van der Waals surface area contributed by atoms with Gasteiger partial charge in [0.1, 0.15) is 6.10 Å². The van der Waals surface area contributed by atoms with Crippen molar-refractivity contribution in [1.29, 1.82) is 0 Å². The van der Waals surface area contributed by atoms with Crippen LogP contribution in [0.25, 0.3) is 21.8 Å². The second kappa shape index (κ2) is 17.8. The lowest BCUT2D eigenvalue weighted by Gasteiger charge is -2.37. The fourth-order valence-electron chi connectivity index (χ4n) is 7.82. The van der Waals surface area contributed by atoms with Crippen LogP contribution in [-0.4, -0.2) is 58.9 Å². The standard InChI is InChI=1S/C21H31NO2.C13H24O2.C8H7N/c1-15(2)19-9-8-16(3)12-21(19)24-14-18(23)13-22-11-10-17-6-4-5-7-20(17)22;1-9(2)12-5-4-10(3)6-13(12)15-8-11-7-14-11;1-2-4-8-7(3-1)5-6-9-8/h4-7,10-11,15-16,18-19,21,23H,8-9,12-14H2,1-3H3;9-13H,4-8H2,1-3H3;1-6,9H. The van der Waals surface area contributed by atoms with Crippen LogP contribution in [0.3, 0.4) is 0 Å². The number of epoxide rings is 1. The van der Waals surface area contributed by atoms with Gasteiger partial charge in [-0.05, 0) is 96.2 Å². The van der Waals surface area contributed by atoms with E-state index in [1.54, 1.807) is 0 Å². The highest BCUT2D eigenvalue weighted by Crippen LogP contribution is 2.36. The highest BCUT2D eigenvalue weighted by Gasteiger charge is 2.34. The minimum atomic E-state index is -0.467. The molecule has 2 N–H and O–H groups in total. The van der Waals surface area contributed by atoms with Crippen molar-refractivity contribution < 1.29 is 19.3 Å². The predicted octanol–water partition coefficient (Wildman–Crippen LogP) is 9.51. The Morgan fingerprint density at radius 3 is 2.02 bits per heavy atom. The smallest absolute Gasteiger partial charge is 0.104 e. The number of aliphatic hydroxyl groups excluding tert-OH is 1. The maximum Gasteiger partial charge on any atom is 0.104 e. The molecule has 48 heavy (non-hydrogen) atoms. The summed E-state index contributed by atoms with van der Waals surface area (Å²) in [4.78, 5) is 3.12. The minimum Gasteiger partial charge on any atom is -0.389 e. The third kappa shape index (κ3) is 10.7. The number of hydrogen-bond donors (Lipinski definition) is 2. The first-order chi connectivity index (χ1) is 23.2. The molecule has 0 bridgehead atoms. The third-order valence-electron chi connectivity index (χ3n) is 10.9. The maximum absolute atomic E-state index is 10.5. The van der Waals surface area contributed by atoms with E-state index in [4.69, 9.17) is 14.2 Å². The van der Waals surface area contributed by atoms with Crippen LogP contribution in [0, 0.1) is 35.5 Å². The Hall–Kier alpha value is -2.64. The first-order valence-electron chi connectivity index (χ1n) is 18.8. The van der Waals surface area contributed by atoms with Crippen LogP contribution in [0.2, 0.25) is 0 Å². The molecular weight excluding hydrogens is 596 g/mol. The normalized spacial score (nSPS) is 27.7. The van der Waals surface area contributed by atoms with Crippen LogP contribution < -0.4 is 0 Å². The van der Waals surface area contributed by atoms with Crippen LogP contribution in [0.4, 0.5) is 0 Å². The van der Waals surface area contributed by atoms with E-state index < -0.39 is 6.10 Å². The van der Waals surface area contributed by atoms with Crippen molar-refractivity contribution in [2.75, 3.05) is 19.8 Å². The molecule has 2 aromatic carbocycles. The van der Waals surface area contributed by atoms with Crippen LogP contribution in [0.15, 0.2) is 73.1 Å². The van der Waals surface area contributed by atoms with E-state index in [9.17, 15) is 5.11 Å². The molecule has 2 aromatic heterocycles. The number of hydrogen-bond acceptors (Lipinski definition) is 4. The van der Waals surface area contributed by atoms with Gasteiger partial charge in [0, 0.05) is 23.4 Å². The van der Waals surface area contributed by atoms with Crippen molar-refractivity contribution in [3.8, 4) is 0 Å². The van der Waals surface area contributed by atoms with Crippen LogP contribution >= 0.6 is 0 Å². The molecule has 0 radical (unpaired) electrons. The maximum atomic E-state index is 10.5. The predicted molar refractivity (Wildman–Crippen MR) is 198 cm³/mol. The average Bonchev–Trinajstić information content (AvgIpc) is 3.63. The number of nitrogens with one attached hydrogen (secondary N) is 1. The van der Waals surface area contributed by atoms with E-state index in [1.807, 2.05) is 36.7 Å². The van der Waals surface area contributed by atoms with Crippen molar-refractivity contribution in [2.45, 2.75) is 111 Å². The first-order valence-corrected chi connectivity index (χ1v) is 18.8. The summed E-state index contributed by atoms with van der Waals surface area (Å²) in [6.07, 6.45) is 12.4. The Balaban J connectivity index is 0.000000158. The van der Waals surface area contributed by atoms with Gasteiger partial charge in [-0.3, -0.25) is 0 Å². The summed E-state index contributed by atoms with van der Waals surface area (Å²) in [6.45, 7) is 16.6. The largest absolute Gasteiger partial charge is 0.389 e. The number of ether oxygens (including phenoxy) is 3. The molecule has 7 rings (SSSR count). The van der Waals surface area contributed by atoms with Crippen molar-refractivity contribution in [3.05, 3.63) is 73.1 Å². The third-order valence-corrected chi connectivity index (χ3v) is 10.9. The Morgan fingerprint density at radius 2 is 1.40 bits per heavy atom. The molecule has 0 spiro atoms. The number of rotatable bonds is 10. The fraction of sp³-hybridized carbons (Fsp3) is 0.619.